The van der Waals surface area contributed by atoms with Crippen molar-refractivity contribution in [3.8, 4) is 0 Å². The largest absolute Gasteiger partial charge is 0.407 e. The number of nitrogens with zero attached hydrogens (tertiary/aromatic N) is 3. The number of nitrogens with one attached hydrogen (secondary N) is 1. The first-order valence-corrected chi connectivity index (χ1v) is 6.33. The number of rotatable bonds is 6. The summed E-state index contributed by atoms with van der Waals surface area (Å²) in [6, 6.07) is 1.06. The maximum atomic E-state index is 5.60. The second-order valence-corrected chi connectivity index (χ2v) is 5.37. The topological polar surface area (TPSA) is 54.2 Å². The molecule has 1 aliphatic rings. The molecule has 1 fully saturated rings. The van der Waals surface area contributed by atoms with E-state index in [1.54, 1.807) is 0 Å². The van der Waals surface area contributed by atoms with Crippen LogP contribution in [0.5, 0.6) is 0 Å². The van der Waals surface area contributed by atoms with Crippen molar-refractivity contribution < 1.29 is 4.42 Å². The zero-order valence-electron chi connectivity index (χ0n) is 11.1. The molecule has 96 valence electrons. The summed E-state index contributed by atoms with van der Waals surface area (Å²) in [6.45, 7) is 8.12. The fourth-order valence-electron chi connectivity index (χ4n) is 1.85. The lowest BCUT2D eigenvalue weighted by molar-refractivity contribution is 0.448. The van der Waals surface area contributed by atoms with Gasteiger partial charge in [-0.2, -0.15) is 0 Å². The minimum atomic E-state index is 0.426. The molecule has 17 heavy (non-hydrogen) atoms. The van der Waals surface area contributed by atoms with E-state index in [1.165, 1.54) is 6.42 Å². The molecule has 1 saturated carbocycles. The van der Waals surface area contributed by atoms with Gasteiger partial charge in [0.25, 0.3) is 0 Å². The third kappa shape index (κ3) is 3.43. The Morgan fingerprint density at radius 3 is 2.76 bits per heavy atom. The molecule has 1 N–H and O–H groups in total. The minimum Gasteiger partial charge on any atom is -0.407 e. The summed E-state index contributed by atoms with van der Waals surface area (Å²) in [7, 11) is 2.01. The molecule has 5 nitrogen and oxygen atoms in total. The zero-order chi connectivity index (χ0) is 12.4. The maximum absolute atomic E-state index is 5.60. The highest BCUT2D eigenvalue weighted by atomic mass is 16.4. The molecule has 2 atom stereocenters. The molecule has 0 amide bonds. The second kappa shape index (κ2) is 5.04. The average Bonchev–Trinajstić information content (AvgIpc) is 2.81. The summed E-state index contributed by atoms with van der Waals surface area (Å²) in [5.41, 5.74) is 0. The van der Waals surface area contributed by atoms with Crippen LogP contribution in [0.25, 0.3) is 0 Å². The van der Waals surface area contributed by atoms with Gasteiger partial charge in [0.05, 0.1) is 6.54 Å². The van der Waals surface area contributed by atoms with E-state index in [4.69, 9.17) is 4.42 Å². The highest BCUT2D eigenvalue weighted by molar-refractivity contribution is 5.22. The van der Waals surface area contributed by atoms with Crippen LogP contribution in [0, 0.1) is 11.8 Å². The Balaban J connectivity index is 1.84. The average molecular weight is 238 g/mol. The number of hydrogen-bond donors (Lipinski definition) is 1. The molecule has 0 saturated heterocycles. The quantitative estimate of drug-likeness (QED) is 0.817. The van der Waals surface area contributed by atoms with Crippen molar-refractivity contribution in [2.75, 3.05) is 18.5 Å². The lowest BCUT2D eigenvalue weighted by atomic mass is 10.3. The monoisotopic (exact) mass is 238 g/mol. The third-order valence-electron chi connectivity index (χ3n) is 3.23. The Hall–Kier alpha value is -1.10. The standard InChI is InChI=1S/C12H22N4O/c1-8(2)13-6-11-14-15-12(17-11)16(4)7-10-5-9(10)3/h8-10,13H,5-7H2,1-4H3. The Labute approximate surface area is 103 Å². The number of aromatic nitrogens is 2. The first-order chi connectivity index (χ1) is 8.06. The van der Waals surface area contributed by atoms with Crippen molar-refractivity contribution in [2.24, 2.45) is 11.8 Å². The van der Waals surface area contributed by atoms with Crippen LogP contribution < -0.4 is 10.2 Å². The van der Waals surface area contributed by atoms with Crippen molar-refractivity contribution in [1.29, 1.82) is 0 Å². The van der Waals surface area contributed by atoms with Crippen molar-refractivity contribution in [2.45, 2.75) is 39.8 Å². The van der Waals surface area contributed by atoms with E-state index < -0.39 is 0 Å². The van der Waals surface area contributed by atoms with Gasteiger partial charge in [-0.25, -0.2) is 0 Å². The predicted molar refractivity (Wildman–Crippen MR) is 66.8 cm³/mol. The summed E-state index contributed by atoms with van der Waals surface area (Å²) in [5.74, 6) is 2.30. The SMILES string of the molecule is CC(C)NCc1nnc(N(C)CC2CC2C)o1. The normalized spacial score (nSPS) is 23.1. The summed E-state index contributed by atoms with van der Waals surface area (Å²) in [4.78, 5) is 2.06. The van der Waals surface area contributed by atoms with Crippen LogP contribution in [0.1, 0.15) is 33.1 Å². The molecule has 0 bridgehead atoms. The fourth-order valence-corrected chi connectivity index (χ4v) is 1.85. The minimum absolute atomic E-state index is 0.426. The van der Waals surface area contributed by atoms with Gasteiger partial charge in [-0.05, 0) is 18.3 Å². The van der Waals surface area contributed by atoms with Gasteiger partial charge in [-0.3, -0.25) is 0 Å². The van der Waals surface area contributed by atoms with E-state index in [1.807, 2.05) is 7.05 Å². The van der Waals surface area contributed by atoms with Gasteiger partial charge in [-0.15, -0.1) is 5.10 Å². The lowest BCUT2D eigenvalue weighted by Gasteiger charge is -2.12. The second-order valence-electron chi connectivity index (χ2n) is 5.37. The van der Waals surface area contributed by atoms with Gasteiger partial charge in [-0.1, -0.05) is 25.9 Å². The molecule has 1 heterocycles. The fraction of sp³-hybridized carbons (Fsp3) is 0.833. The smallest absolute Gasteiger partial charge is 0.317 e. The molecule has 0 aromatic carbocycles. The Morgan fingerprint density at radius 2 is 2.18 bits per heavy atom. The van der Waals surface area contributed by atoms with E-state index in [-0.39, 0.29) is 0 Å². The van der Waals surface area contributed by atoms with E-state index in [9.17, 15) is 0 Å². The summed E-state index contributed by atoms with van der Waals surface area (Å²) in [5, 5.41) is 11.4. The van der Waals surface area contributed by atoms with Gasteiger partial charge < -0.3 is 14.6 Å². The summed E-state index contributed by atoms with van der Waals surface area (Å²) < 4.78 is 5.60. The van der Waals surface area contributed by atoms with E-state index in [2.05, 4.69) is 41.2 Å². The molecule has 0 aliphatic heterocycles. The molecular weight excluding hydrogens is 216 g/mol. The lowest BCUT2D eigenvalue weighted by Crippen LogP contribution is -2.22. The van der Waals surface area contributed by atoms with Gasteiger partial charge in [0.1, 0.15) is 0 Å². The Morgan fingerprint density at radius 1 is 1.47 bits per heavy atom. The molecule has 0 radical (unpaired) electrons. The van der Waals surface area contributed by atoms with Crippen LogP contribution >= 0.6 is 0 Å². The van der Waals surface area contributed by atoms with Crippen molar-refractivity contribution >= 4 is 6.01 Å². The van der Waals surface area contributed by atoms with Crippen LogP contribution in [0.15, 0.2) is 4.42 Å². The van der Waals surface area contributed by atoms with Crippen molar-refractivity contribution in [1.82, 2.24) is 15.5 Å². The highest BCUT2D eigenvalue weighted by Gasteiger charge is 2.34. The van der Waals surface area contributed by atoms with Crippen LogP contribution in [0.4, 0.5) is 6.01 Å². The molecule has 1 aliphatic carbocycles. The Kier molecular flexibility index (Phi) is 3.66. The van der Waals surface area contributed by atoms with Gasteiger partial charge >= 0.3 is 6.01 Å². The van der Waals surface area contributed by atoms with E-state index >= 15 is 0 Å². The van der Waals surface area contributed by atoms with E-state index in [0.29, 0.717) is 24.5 Å². The molecule has 1 aromatic heterocycles. The highest BCUT2D eigenvalue weighted by Crippen LogP contribution is 2.38. The van der Waals surface area contributed by atoms with Crippen LogP contribution in [0.3, 0.4) is 0 Å². The molecule has 2 unspecified atom stereocenters. The van der Waals surface area contributed by atoms with Gasteiger partial charge in [0.2, 0.25) is 5.89 Å². The van der Waals surface area contributed by atoms with Crippen molar-refractivity contribution in [3.63, 3.8) is 0 Å². The summed E-state index contributed by atoms with van der Waals surface area (Å²) in [6.07, 6.45) is 1.32. The van der Waals surface area contributed by atoms with E-state index in [0.717, 1.165) is 18.4 Å². The predicted octanol–water partition coefficient (Wildman–Crippen LogP) is 1.66. The molecule has 1 aromatic rings. The molecule has 0 spiro atoms. The maximum Gasteiger partial charge on any atom is 0.317 e. The van der Waals surface area contributed by atoms with Crippen LogP contribution in [-0.2, 0) is 6.54 Å². The van der Waals surface area contributed by atoms with Gasteiger partial charge in [0.15, 0.2) is 0 Å². The first kappa shape index (κ1) is 12.4. The van der Waals surface area contributed by atoms with Crippen LogP contribution in [-0.4, -0.2) is 29.8 Å². The molecular formula is C12H22N4O. The third-order valence-corrected chi connectivity index (χ3v) is 3.23. The molecule has 5 heteroatoms. The summed E-state index contributed by atoms with van der Waals surface area (Å²) >= 11 is 0. The number of anilines is 1. The zero-order valence-corrected chi connectivity index (χ0v) is 11.1. The van der Waals surface area contributed by atoms with Crippen molar-refractivity contribution in [3.05, 3.63) is 5.89 Å². The van der Waals surface area contributed by atoms with Crippen LogP contribution in [0.2, 0.25) is 0 Å². The Bertz CT molecular complexity index is 363. The van der Waals surface area contributed by atoms with Gasteiger partial charge in [0, 0.05) is 19.6 Å². The first-order valence-electron chi connectivity index (χ1n) is 6.33. The number of hydrogen-bond acceptors (Lipinski definition) is 5. The molecule has 2 rings (SSSR count).